The summed E-state index contributed by atoms with van der Waals surface area (Å²) in [6, 6.07) is 7.85. The second-order valence-electron chi connectivity index (χ2n) is 14.0. The first-order valence-corrected chi connectivity index (χ1v) is 18.9. The SMILES string of the molecule is C=CCCC(=O)N[C@@H](C)[C@H](OC(=O)[C@@H]1[C@H]2O[C@@]3(CC2Br)[C@H](C(=O)N(CC=C)C2CCCCC2)N(CCCCCO)C(=O)[C@@H]13)c1ccccc1. The Labute approximate surface area is 298 Å². The van der Waals surface area contributed by atoms with Gasteiger partial charge in [-0.3, -0.25) is 19.2 Å². The van der Waals surface area contributed by atoms with Crippen LogP contribution in [0.25, 0.3) is 0 Å². The molecule has 1 aromatic rings. The van der Waals surface area contributed by atoms with E-state index in [9.17, 15) is 24.3 Å². The van der Waals surface area contributed by atoms with Gasteiger partial charge in [0.1, 0.15) is 17.7 Å². The number of allylic oxidation sites excluding steroid dienone is 1. The van der Waals surface area contributed by atoms with Gasteiger partial charge in [-0.1, -0.05) is 77.7 Å². The van der Waals surface area contributed by atoms with Crippen LogP contribution in [-0.4, -0.2) is 93.0 Å². The number of nitrogens with one attached hydrogen (secondary N) is 1. The van der Waals surface area contributed by atoms with Crippen LogP contribution in [-0.2, 0) is 28.7 Å². The molecule has 3 saturated heterocycles. The van der Waals surface area contributed by atoms with Gasteiger partial charge in [0, 0.05) is 37.0 Å². The summed E-state index contributed by atoms with van der Waals surface area (Å²) >= 11 is 3.77. The summed E-state index contributed by atoms with van der Waals surface area (Å²) in [5, 5.41) is 12.4. The van der Waals surface area contributed by atoms with Crippen LogP contribution in [0.4, 0.5) is 0 Å². The van der Waals surface area contributed by atoms with Crippen LogP contribution < -0.4 is 5.32 Å². The van der Waals surface area contributed by atoms with Gasteiger partial charge in [-0.25, -0.2) is 0 Å². The van der Waals surface area contributed by atoms with Crippen molar-refractivity contribution in [3.8, 4) is 0 Å². The molecule has 10 nitrogen and oxygen atoms in total. The molecule has 268 valence electrons. The highest BCUT2D eigenvalue weighted by Crippen LogP contribution is 2.60. The summed E-state index contributed by atoms with van der Waals surface area (Å²) < 4.78 is 13.0. The number of amides is 3. The quantitative estimate of drug-likeness (QED) is 0.0997. The van der Waals surface area contributed by atoms with E-state index >= 15 is 0 Å². The molecule has 4 fully saturated rings. The van der Waals surface area contributed by atoms with Crippen molar-refractivity contribution in [2.24, 2.45) is 11.8 Å². The molecule has 3 heterocycles. The lowest BCUT2D eigenvalue weighted by Crippen LogP contribution is -2.58. The first-order chi connectivity index (χ1) is 23.7. The molecular weight excluding hydrogens is 690 g/mol. The highest BCUT2D eigenvalue weighted by Gasteiger charge is 2.77. The number of alkyl halides is 1. The van der Waals surface area contributed by atoms with Gasteiger partial charge in [0.15, 0.2) is 0 Å². The molecule has 1 aliphatic carbocycles. The van der Waals surface area contributed by atoms with Gasteiger partial charge in [-0.05, 0) is 57.4 Å². The summed E-state index contributed by atoms with van der Waals surface area (Å²) in [4.78, 5) is 59.8. The van der Waals surface area contributed by atoms with E-state index in [1.54, 1.807) is 24.0 Å². The van der Waals surface area contributed by atoms with Gasteiger partial charge in [-0.15, -0.1) is 13.2 Å². The number of ether oxygens (including phenoxy) is 2. The lowest BCUT2D eigenvalue weighted by Gasteiger charge is -2.41. The fourth-order valence-electron chi connectivity index (χ4n) is 8.54. The Morgan fingerprint density at radius 2 is 1.88 bits per heavy atom. The highest BCUT2D eigenvalue weighted by molar-refractivity contribution is 9.09. The number of hydrogen-bond acceptors (Lipinski definition) is 7. The second-order valence-corrected chi connectivity index (χ2v) is 15.2. The molecule has 1 aromatic carbocycles. The molecule has 3 amide bonds. The van der Waals surface area contributed by atoms with E-state index in [4.69, 9.17) is 9.47 Å². The number of aliphatic hydroxyl groups excluding tert-OH is 1. The number of unbranched alkanes of at least 4 members (excludes halogenated alkanes) is 2. The number of likely N-dealkylation sites (tertiary alicyclic amines) is 1. The van der Waals surface area contributed by atoms with Crippen molar-refractivity contribution in [3.05, 3.63) is 61.2 Å². The fraction of sp³-hybridized carbons (Fsp3) is 0.632. The number of carbonyl (C=O) groups is 4. The van der Waals surface area contributed by atoms with Gasteiger partial charge in [0.25, 0.3) is 0 Å². The molecule has 1 unspecified atom stereocenters. The van der Waals surface area contributed by atoms with E-state index < -0.39 is 47.7 Å². The number of aliphatic hydroxyl groups is 1. The van der Waals surface area contributed by atoms with Crippen LogP contribution in [0.2, 0.25) is 0 Å². The third-order valence-electron chi connectivity index (χ3n) is 10.8. The number of fused-ring (bicyclic) bond motifs is 1. The topological polar surface area (TPSA) is 125 Å². The van der Waals surface area contributed by atoms with E-state index in [1.807, 2.05) is 35.2 Å². The molecular formula is C38H52BrN3O7. The summed E-state index contributed by atoms with van der Waals surface area (Å²) in [5.41, 5.74) is -0.487. The first-order valence-electron chi connectivity index (χ1n) is 18.0. The van der Waals surface area contributed by atoms with Gasteiger partial charge < -0.3 is 29.7 Å². The van der Waals surface area contributed by atoms with Crippen molar-refractivity contribution < 1.29 is 33.8 Å². The smallest absolute Gasteiger partial charge is 0.313 e. The lowest BCUT2D eigenvalue weighted by atomic mass is 9.70. The minimum atomic E-state index is -1.20. The highest BCUT2D eigenvalue weighted by atomic mass is 79.9. The Balaban J connectivity index is 1.46. The molecule has 2 bridgehead atoms. The van der Waals surface area contributed by atoms with Gasteiger partial charge >= 0.3 is 5.97 Å². The number of carbonyl (C=O) groups excluding carboxylic acids is 4. The number of esters is 1. The lowest BCUT2D eigenvalue weighted by molar-refractivity contribution is -0.162. The molecule has 3 aliphatic heterocycles. The fourth-order valence-corrected chi connectivity index (χ4v) is 9.48. The predicted octanol–water partition coefficient (Wildman–Crippen LogP) is 5.00. The van der Waals surface area contributed by atoms with Crippen LogP contribution in [0.3, 0.4) is 0 Å². The molecule has 8 atom stereocenters. The number of nitrogens with zero attached hydrogens (tertiary/aromatic N) is 2. The zero-order valence-corrected chi connectivity index (χ0v) is 30.2. The zero-order valence-electron chi connectivity index (χ0n) is 28.6. The van der Waals surface area contributed by atoms with Crippen LogP contribution in [0.1, 0.15) is 89.2 Å². The van der Waals surface area contributed by atoms with E-state index in [0.717, 1.165) is 32.1 Å². The molecule has 1 saturated carbocycles. The maximum Gasteiger partial charge on any atom is 0.313 e. The van der Waals surface area contributed by atoms with E-state index in [1.165, 1.54) is 0 Å². The van der Waals surface area contributed by atoms with Crippen molar-refractivity contribution in [1.29, 1.82) is 0 Å². The monoisotopic (exact) mass is 741 g/mol. The number of benzene rings is 1. The Bertz CT molecular complexity index is 1350. The normalized spacial score (nSPS) is 28.8. The standard InChI is InChI=1S/C38H52BrN3O7/c1-4-6-20-29(44)40-25(3)32(26-16-10-7-11-17-26)48-37(47)30-31-35(45)42(22-14-9-15-23-43)34(38(31)24-28(39)33(30)49-38)36(46)41(21-5-2)27-18-12-8-13-19-27/h4-5,7,10-11,16-17,25,27-28,30-34,43H,1-2,6,8-9,12-15,18-24H2,3H3,(H,40,44)/t25-,28?,30-,31+,32-,33-,34-,38+/m0/s1. The molecule has 4 aliphatic rings. The van der Waals surface area contributed by atoms with Crippen molar-refractivity contribution in [1.82, 2.24) is 15.1 Å². The maximum absolute atomic E-state index is 14.8. The Hall–Kier alpha value is -3.02. The molecule has 2 N–H and O–H groups in total. The van der Waals surface area contributed by atoms with Crippen molar-refractivity contribution in [2.75, 3.05) is 19.7 Å². The zero-order chi connectivity index (χ0) is 35.1. The number of hydrogen-bond donors (Lipinski definition) is 2. The Morgan fingerprint density at radius 3 is 2.55 bits per heavy atom. The van der Waals surface area contributed by atoms with Gasteiger partial charge in [0.2, 0.25) is 17.7 Å². The van der Waals surface area contributed by atoms with Gasteiger partial charge in [-0.2, -0.15) is 0 Å². The number of halogens is 1. The summed E-state index contributed by atoms with van der Waals surface area (Å²) in [6.07, 6.45) is 10.1. The van der Waals surface area contributed by atoms with E-state index in [2.05, 4.69) is 34.4 Å². The molecule has 1 spiro atoms. The van der Waals surface area contributed by atoms with E-state index in [0.29, 0.717) is 50.8 Å². The third-order valence-corrected chi connectivity index (χ3v) is 11.6. The van der Waals surface area contributed by atoms with Crippen LogP contribution in [0.15, 0.2) is 55.6 Å². The largest absolute Gasteiger partial charge is 0.455 e. The average Bonchev–Trinajstić information content (AvgIpc) is 3.70. The van der Waals surface area contributed by atoms with Crippen LogP contribution >= 0.6 is 15.9 Å². The summed E-state index contributed by atoms with van der Waals surface area (Å²) in [5.74, 6) is -3.03. The Morgan fingerprint density at radius 1 is 1.14 bits per heavy atom. The van der Waals surface area contributed by atoms with Crippen molar-refractivity contribution in [3.63, 3.8) is 0 Å². The third kappa shape index (κ3) is 7.69. The minimum Gasteiger partial charge on any atom is -0.455 e. The van der Waals surface area contributed by atoms with Crippen molar-refractivity contribution >= 4 is 39.6 Å². The molecule has 5 rings (SSSR count). The summed E-state index contributed by atoms with van der Waals surface area (Å²) in [7, 11) is 0. The molecule has 49 heavy (non-hydrogen) atoms. The summed E-state index contributed by atoms with van der Waals surface area (Å²) in [6.45, 7) is 10.2. The number of rotatable bonds is 17. The Kier molecular flexibility index (Phi) is 12.8. The average molecular weight is 743 g/mol. The minimum absolute atomic E-state index is 0.0509. The van der Waals surface area contributed by atoms with E-state index in [-0.39, 0.29) is 41.6 Å². The van der Waals surface area contributed by atoms with Crippen molar-refractivity contribution in [2.45, 2.75) is 118 Å². The molecule has 0 radical (unpaired) electrons. The second kappa shape index (κ2) is 16.8. The predicted molar refractivity (Wildman–Crippen MR) is 189 cm³/mol. The molecule has 0 aromatic heterocycles. The van der Waals surface area contributed by atoms with Crippen LogP contribution in [0, 0.1) is 11.8 Å². The van der Waals surface area contributed by atoms with Gasteiger partial charge in [0.05, 0.1) is 24.0 Å². The van der Waals surface area contributed by atoms with Crippen LogP contribution in [0.5, 0.6) is 0 Å². The first kappa shape index (κ1) is 37.2. The molecule has 11 heteroatoms. The maximum atomic E-state index is 14.8.